The van der Waals surface area contributed by atoms with Gasteiger partial charge in [0.25, 0.3) is 0 Å². The SMILES string of the molecule is C[C@H]1CC[C@](N)(C(=O)O)CC1. The molecule has 11 heavy (non-hydrogen) atoms. The number of hydrogen-bond acceptors (Lipinski definition) is 2. The quantitative estimate of drug-likeness (QED) is 0.596. The Hall–Kier alpha value is -0.570. The lowest BCUT2D eigenvalue weighted by molar-refractivity contribution is -0.144. The van der Waals surface area contributed by atoms with Crippen LogP contribution in [0.25, 0.3) is 0 Å². The topological polar surface area (TPSA) is 63.3 Å². The molecule has 64 valence electrons. The van der Waals surface area contributed by atoms with E-state index < -0.39 is 11.5 Å². The highest BCUT2D eigenvalue weighted by molar-refractivity contribution is 5.78. The maximum Gasteiger partial charge on any atom is 0.323 e. The van der Waals surface area contributed by atoms with Crippen LogP contribution in [0.15, 0.2) is 0 Å². The van der Waals surface area contributed by atoms with E-state index >= 15 is 0 Å². The van der Waals surface area contributed by atoms with E-state index in [1.54, 1.807) is 0 Å². The predicted molar refractivity (Wildman–Crippen MR) is 42.2 cm³/mol. The highest BCUT2D eigenvalue weighted by Crippen LogP contribution is 2.29. The monoisotopic (exact) mass is 157 g/mol. The molecule has 0 bridgehead atoms. The zero-order chi connectivity index (χ0) is 8.48. The number of carboxylic acid groups (broad SMARTS) is 1. The molecule has 1 aliphatic carbocycles. The van der Waals surface area contributed by atoms with Crippen molar-refractivity contribution in [2.24, 2.45) is 11.7 Å². The van der Waals surface area contributed by atoms with E-state index in [2.05, 4.69) is 6.92 Å². The number of carboxylic acids is 1. The third kappa shape index (κ3) is 1.71. The van der Waals surface area contributed by atoms with Crippen LogP contribution in [0, 0.1) is 5.92 Å². The summed E-state index contributed by atoms with van der Waals surface area (Å²) >= 11 is 0. The van der Waals surface area contributed by atoms with Gasteiger partial charge in [-0.05, 0) is 31.6 Å². The maximum absolute atomic E-state index is 10.7. The highest BCUT2D eigenvalue weighted by Gasteiger charge is 2.36. The standard InChI is InChI=1S/C8H15NO2/c1-6-2-4-8(9,5-3-6)7(10)11/h6H,2-5,9H2,1H3,(H,10,11)/t6-,8+. The van der Waals surface area contributed by atoms with Gasteiger partial charge in [0.05, 0.1) is 0 Å². The molecule has 0 saturated heterocycles. The van der Waals surface area contributed by atoms with Crippen LogP contribution < -0.4 is 5.73 Å². The van der Waals surface area contributed by atoms with Crippen molar-refractivity contribution < 1.29 is 9.90 Å². The number of carbonyl (C=O) groups is 1. The van der Waals surface area contributed by atoms with Crippen LogP contribution >= 0.6 is 0 Å². The molecular weight excluding hydrogens is 142 g/mol. The second-order valence-electron chi connectivity index (χ2n) is 3.64. The Morgan fingerprint density at radius 2 is 2.00 bits per heavy atom. The van der Waals surface area contributed by atoms with Crippen molar-refractivity contribution >= 4 is 5.97 Å². The molecule has 1 saturated carbocycles. The Balaban J connectivity index is 2.55. The number of aliphatic carboxylic acids is 1. The summed E-state index contributed by atoms with van der Waals surface area (Å²) < 4.78 is 0. The lowest BCUT2D eigenvalue weighted by atomic mass is 9.78. The van der Waals surface area contributed by atoms with Gasteiger partial charge in [0.2, 0.25) is 0 Å². The molecule has 3 heteroatoms. The van der Waals surface area contributed by atoms with Gasteiger partial charge >= 0.3 is 5.97 Å². The van der Waals surface area contributed by atoms with Gasteiger partial charge in [0.1, 0.15) is 5.54 Å². The Morgan fingerprint density at radius 3 is 2.36 bits per heavy atom. The first-order chi connectivity index (χ1) is 5.04. The van der Waals surface area contributed by atoms with Crippen molar-refractivity contribution in [1.82, 2.24) is 0 Å². The molecule has 0 radical (unpaired) electrons. The average molecular weight is 157 g/mol. The van der Waals surface area contributed by atoms with Crippen molar-refractivity contribution in [1.29, 1.82) is 0 Å². The van der Waals surface area contributed by atoms with Crippen LogP contribution in [0.3, 0.4) is 0 Å². The molecule has 0 atom stereocenters. The first-order valence-electron chi connectivity index (χ1n) is 4.07. The third-order valence-electron chi connectivity index (χ3n) is 2.59. The van der Waals surface area contributed by atoms with Gasteiger partial charge < -0.3 is 10.8 Å². The van der Waals surface area contributed by atoms with Crippen LogP contribution in [0.5, 0.6) is 0 Å². The largest absolute Gasteiger partial charge is 0.480 e. The van der Waals surface area contributed by atoms with Crippen molar-refractivity contribution in [3.8, 4) is 0 Å². The highest BCUT2D eigenvalue weighted by atomic mass is 16.4. The summed E-state index contributed by atoms with van der Waals surface area (Å²) in [7, 11) is 0. The Morgan fingerprint density at radius 1 is 1.55 bits per heavy atom. The van der Waals surface area contributed by atoms with E-state index in [1.165, 1.54) is 0 Å². The van der Waals surface area contributed by atoms with E-state index in [4.69, 9.17) is 10.8 Å². The maximum atomic E-state index is 10.7. The summed E-state index contributed by atoms with van der Waals surface area (Å²) in [5.41, 5.74) is 4.74. The fourth-order valence-electron chi connectivity index (χ4n) is 1.49. The van der Waals surface area contributed by atoms with Crippen LogP contribution in [-0.4, -0.2) is 16.6 Å². The summed E-state index contributed by atoms with van der Waals surface area (Å²) in [5, 5.41) is 8.76. The van der Waals surface area contributed by atoms with Gasteiger partial charge in [-0.1, -0.05) is 6.92 Å². The van der Waals surface area contributed by atoms with E-state index in [1.807, 2.05) is 0 Å². The van der Waals surface area contributed by atoms with E-state index in [0.717, 1.165) is 12.8 Å². The molecule has 0 unspecified atom stereocenters. The molecular formula is C8H15NO2. The normalized spacial score (nSPS) is 38.5. The summed E-state index contributed by atoms with van der Waals surface area (Å²) in [6, 6.07) is 0. The van der Waals surface area contributed by atoms with Gasteiger partial charge in [-0.2, -0.15) is 0 Å². The number of hydrogen-bond donors (Lipinski definition) is 2. The first kappa shape index (κ1) is 8.53. The summed E-state index contributed by atoms with van der Waals surface area (Å²) in [6.07, 6.45) is 3.15. The van der Waals surface area contributed by atoms with Crippen molar-refractivity contribution in [2.75, 3.05) is 0 Å². The molecule has 1 aliphatic rings. The molecule has 0 aromatic rings. The molecule has 0 aromatic heterocycles. The Bertz CT molecular complexity index is 159. The minimum Gasteiger partial charge on any atom is -0.480 e. The van der Waals surface area contributed by atoms with Crippen LogP contribution in [0.2, 0.25) is 0 Å². The summed E-state index contributed by atoms with van der Waals surface area (Å²) in [5.74, 6) is -0.199. The second-order valence-corrected chi connectivity index (χ2v) is 3.64. The minimum atomic E-state index is -0.924. The van der Waals surface area contributed by atoms with E-state index in [9.17, 15) is 4.79 Å². The second kappa shape index (κ2) is 2.81. The van der Waals surface area contributed by atoms with Crippen molar-refractivity contribution in [2.45, 2.75) is 38.1 Å². The zero-order valence-electron chi connectivity index (χ0n) is 6.84. The Kier molecular flexibility index (Phi) is 2.18. The first-order valence-corrected chi connectivity index (χ1v) is 4.07. The molecule has 3 N–H and O–H groups in total. The van der Waals surface area contributed by atoms with E-state index in [-0.39, 0.29) is 0 Å². The van der Waals surface area contributed by atoms with Gasteiger partial charge in [0.15, 0.2) is 0 Å². The summed E-state index contributed by atoms with van der Waals surface area (Å²) in [6.45, 7) is 2.14. The fourth-order valence-corrected chi connectivity index (χ4v) is 1.49. The van der Waals surface area contributed by atoms with Crippen LogP contribution in [0.4, 0.5) is 0 Å². The van der Waals surface area contributed by atoms with Crippen molar-refractivity contribution in [3.05, 3.63) is 0 Å². The van der Waals surface area contributed by atoms with E-state index in [0.29, 0.717) is 18.8 Å². The molecule has 0 heterocycles. The lowest BCUT2D eigenvalue weighted by Gasteiger charge is -2.31. The van der Waals surface area contributed by atoms with Gasteiger partial charge in [-0.25, -0.2) is 0 Å². The zero-order valence-corrected chi connectivity index (χ0v) is 6.84. The summed E-state index contributed by atoms with van der Waals surface area (Å²) in [4.78, 5) is 10.7. The van der Waals surface area contributed by atoms with Gasteiger partial charge in [-0.15, -0.1) is 0 Å². The minimum absolute atomic E-state index is 0.628. The molecule has 0 spiro atoms. The molecule has 0 aliphatic heterocycles. The number of nitrogens with two attached hydrogens (primary N) is 1. The lowest BCUT2D eigenvalue weighted by Crippen LogP contribution is -2.50. The Labute approximate surface area is 66.6 Å². The predicted octanol–water partition coefficient (Wildman–Crippen LogP) is 0.979. The van der Waals surface area contributed by atoms with Gasteiger partial charge in [0, 0.05) is 0 Å². The smallest absolute Gasteiger partial charge is 0.323 e. The molecule has 1 fully saturated rings. The number of rotatable bonds is 1. The average Bonchev–Trinajstić information content (AvgIpc) is 1.95. The molecule has 0 amide bonds. The van der Waals surface area contributed by atoms with Crippen molar-refractivity contribution in [3.63, 3.8) is 0 Å². The van der Waals surface area contributed by atoms with Gasteiger partial charge in [-0.3, -0.25) is 4.79 Å². The van der Waals surface area contributed by atoms with Crippen LogP contribution in [-0.2, 0) is 4.79 Å². The third-order valence-corrected chi connectivity index (χ3v) is 2.59. The molecule has 0 aromatic carbocycles. The van der Waals surface area contributed by atoms with Crippen LogP contribution in [0.1, 0.15) is 32.6 Å². The molecule has 3 nitrogen and oxygen atoms in total. The fraction of sp³-hybridized carbons (Fsp3) is 0.875. The molecule has 1 rings (SSSR count).